The number of benzene rings is 1. The van der Waals surface area contributed by atoms with Crippen LogP contribution in [0.25, 0.3) is 11.0 Å². The van der Waals surface area contributed by atoms with Gasteiger partial charge >= 0.3 is 0 Å². The Hall–Kier alpha value is -3.36. The Bertz CT molecular complexity index is 1350. The number of hydrogen-bond donors (Lipinski definition) is 1. The summed E-state index contributed by atoms with van der Waals surface area (Å²) < 4.78 is 39.8. The quantitative estimate of drug-likeness (QED) is 0.201. The number of allylic oxidation sites excluding steroid dienone is 4. The first kappa shape index (κ1) is 25.3. The van der Waals surface area contributed by atoms with Gasteiger partial charge in [0.2, 0.25) is 5.78 Å². The number of hydrogen-bond acceptors (Lipinski definition) is 6. The molecule has 0 fully saturated rings. The monoisotopic (exact) mass is 500 g/mol. The lowest BCUT2D eigenvalue weighted by molar-refractivity contribution is 0.101. The van der Waals surface area contributed by atoms with E-state index in [9.17, 15) is 13.2 Å². The second kappa shape index (κ2) is 10.7. The first-order chi connectivity index (χ1) is 16.1. The largest absolute Gasteiger partial charge is 0.491 e. The molecular weight excluding hydrogens is 476 g/mol. The molecule has 1 N–H and O–H groups in total. The molecule has 3 rings (SSSR count). The number of sulfonamides is 1. The van der Waals surface area contributed by atoms with Gasteiger partial charge in [-0.2, -0.15) is 0 Å². The van der Waals surface area contributed by atoms with Crippen LogP contribution in [0.15, 0.2) is 82.5 Å². The van der Waals surface area contributed by atoms with E-state index in [-0.39, 0.29) is 39.6 Å². The molecule has 0 atom stereocenters. The van der Waals surface area contributed by atoms with Crippen LogP contribution < -0.4 is 4.72 Å². The zero-order valence-electron chi connectivity index (χ0n) is 19.0. The third kappa shape index (κ3) is 5.95. The summed E-state index contributed by atoms with van der Waals surface area (Å²) >= 11 is 6.07. The molecule has 34 heavy (non-hydrogen) atoms. The average Bonchev–Trinajstić information content (AvgIpc) is 3.23. The van der Waals surface area contributed by atoms with Crippen molar-refractivity contribution in [3.8, 4) is 0 Å². The number of nitrogens with one attached hydrogen (secondary N) is 1. The van der Waals surface area contributed by atoms with Crippen LogP contribution in [0, 0.1) is 0 Å². The van der Waals surface area contributed by atoms with Gasteiger partial charge in [-0.15, -0.1) is 0 Å². The number of fused-ring (bicyclic) bond motifs is 1. The number of halogens is 1. The van der Waals surface area contributed by atoms with E-state index in [1.165, 1.54) is 30.5 Å². The molecule has 1 aromatic carbocycles. The lowest BCUT2D eigenvalue weighted by atomic mass is 10.1. The third-order valence-electron chi connectivity index (χ3n) is 4.68. The van der Waals surface area contributed by atoms with Crippen LogP contribution in [0.4, 0.5) is 5.82 Å². The van der Waals surface area contributed by atoms with Crippen molar-refractivity contribution < 1.29 is 22.4 Å². The maximum atomic E-state index is 13.2. The smallest absolute Gasteiger partial charge is 0.259 e. The molecule has 0 spiro atoms. The molecule has 2 aromatic heterocycles. The number of pyridine rings is 1. The molecule has 0 saturated carbocycles. The topological polar surface area (TPSA) is 98.5 Å². The fraction of sp³-hybridized carbons (Fsp3) is 0.200. The standard InChI is InChI=1S/C25H25ClN2O5S/c1-5-19(32-16(3)4)11-12-20(6-2)34(30,31)28-25-21(14-18(26)15-27-25)24(29)23-13-17-9-7-8-10-22(17)33-23/h5,7-16H,1,6H2,2-4H3,(H,27,28)/b19-11+,20-12+. The number of carbonyl (C=O) groups excluding carboxylic acids is 1. The van der Waals surface area contributed by atoms with Crippen molar-refractivity contribution in [1.29, 1.82) is 0 Å². The van der Waals surface area contributed by atoms with Crippen LogP contribution in [0.1, 0.15) is 43.3 Å². The minimum atomic E-state index is -4.05. The van der Waals surface area contributed by atoms with E-state index in [1.807, 2.05) is 26.0 Å². The van der Waals surface area contributed by atoms with Crippen LogP contribution in [-0.4, -0.2) is 25.3 Å². The summed E-state index contributed by atoms with van der Waals surface area (Å²) in [5, 5.41) is 0.922. The summed E-state index contributed by atoms with van der Waals surface area (Å²) in [7, 11) is -4.05. The lowest BCUT2D eigenvalue weighted by Gasteiger charge is -2.13. The van der Waals surface area contributed by atoms with E-state index >= 15 is 0 Å². The van der Waals surface area contributed by atoms with Crippen LogP contribution in [0.5, 0.6) is 0 Å². The number of carbonyl (C=O) groups is 1. The molecule has 178 valence electrons. The van der Waals surface area contributed by atoms with Crippen molar-refractivity contribution in [2.75, 3.05) is 4.72 Å². The molecule has 0 aliphatic carbocycles. The van der Waals surface area contributed by atoms with Gasteiger partial charge in [-0.25, -0.2) is 13.4 Å². The molecule has 7 nitrogen and oxygen atoms in total. The van der Waals surface area contributed by atoms with E-state index in [0.717, 1.165) is 5.39 Å². The normalized spacial score (nSPS) is 12.7. The van der Waals surface area contributed by atoms with Crippen molar-refractivity contribution >= 4 is 44.2 Å². The summed E-state index contributed by atoms with van der Waals surface area (Å²) in [6, 6.07) is 10.1. The molecule has 0 bridgehead atoms. The molecule has 0 unspecified atom stereocenters. The van der Waals surface area contributed by atoms with Gasteiger partial charge in [0.05, 0.1) is 21.6 Å². The van der Waals surface area contributed by atoms with Crippen molar-refractivity contribution in [1.82, 2.24) is 4.98 Å². The van der Waals surface area contributed by atoms with Crippen molar-refractivity contribution in [2.45, 2.75) is 33.3 Å². The Morgan fingerprint density at radius 1 is 1.26 bits per heavy atom. The molecule has 0 saturated heterocycles. The Balaban J connectivity index is 1.97. The fourth-order valence-corrected chi connectivity index (χ4v) is 4.45. The van der Waals surface area contributed by atoms with Gasteiger partial charge < -0.3 is 9.15 Å². The fourth-order valence-electron chi connectivity index (χ4n) is 3.11. The summed E-state index contributed by atoms with van der Waals surface area (Å²) in [5.74, 6) is -0.228. The van der Waals surface area contributed by atoms with Crippen LogP contribution in [0.2, 0.25) is 5.02 Å². The molecule has 0 aliphatic rings. The SMILES string of the molecule is C=C/C(=C\C=C(/CC)S(=O)(=O)Nc1ncc(Cl)cc1C(=O)c1cc2ccccc2o1)OC(C)C. The predicted molar refractivity (Wildman–Crippen MR) is 134 cm³/mol. The van der Waals surface area contributed by atoms with Crippen molar-refractivity contribution in [2.24, 2.45) is 0 Å². The number of para-hydroxylation sites is 1. The van der Waals surface area contributed by atoms with E-state index in [4.69, 9.17) is 20.8 Å². The predicted octanol–water partition coefficient (Wildman–Crippen LogP) is 6.24. The first-order valence-corrected chi connectivity index (χ1v) is 12.4. The highest BCUT2D eigenvalue weighted by Crippen LogP contribution is 2.27. The maximum absolute atomic E-state index is 13.2. The first-order valence-electron chi connectivity index (χ1n) is 10.6. The number of nitrogens with zero attached hydrogens (tertiary/aromatic N) is 1. The van der Waals surface area contributed by atoms with E-state index in [2.05, 4.69) is 16.3 Å². The van der Waals surface area contributed by atoms with Gasteiger partial charge in [-0.3, -0.25) is 9.52 Å². The summed E-state index contributed by atoms with van der Waals surface area (Å²) in [4.78, 5) is 17.3. The molecule has 2 heterocycles. The van der Waals surface area contributed by atoms with Crippen molar-refractivity contribution in [3.05, 3.63) is 94.4 Å². The average molecular weight is 501 g/mol. The van der Waals surface area contributed by atoms with Gasteiger partial charge in [0, 0.05) is 11.6 Å². The minimum absolute atomic E-state index is 0.0314. The van der Waals surface area contributed by atoms with Crippen LogP contribution >= 0.6 is 11.6 Å². The zero-order chi connectivity index (χ0) is 24.9. The van der Waals surface area contributed by atoms with Gasteiger partial charge in [0.1, 0.15) is 11.3 Å². The van der Waals surface area contributed by atoms with E-state index < -0.39 is 15.8 Å². The molecule has 0 aliphatic heterocycles. The maximum Gasteiger partial charge on any atom is 0.259 e. The second-order valence-corrected chi connectivity index (χ2v) is 9.73. The Labute approximate surface area is 203 Å². The van der Waals surface area contributed by atoms with E-state index in [0.29, 0.717) is 11.3 Å². The number of anilines is 1. The summed E-state index contributed by atoms with van der Waals surface area (Å²) in [6.45, 7) is 9.08. The van der Waals surface area contributed by atoms with Gasteiger partial charge in [0.15, 0.2) is 11.6 Å². The second-order valence-electron chi connectivity index (χ2n) is 7.56. The Morgan fingerprint density at radius 3 is 2.65 bits per heavy atom. The minimum Gasteiger partial charge on any atom is -0.491 e. The zero-order valence-corrected chi connectivity index (χ0v) is 20.6. The molecule has 3 aromatic rings. The van der Waals surface area contributed by atoms with Crippen LogP contribution in [-0.2, 0) is 14.8 Å². The highest BCUT2D eigenvalue weighted by atomic mass is 35.5. The molecule has 0 amide bonds. The highest BCUT2D eigenvalue weighted by molar-refractivity contribution is 7.96. The number of furan rings is 1. The number of ketones is 1. The molecule has 9 heteroatoms. The highest BCUT2D eigenvalue weighted by Gasteiger charge is 2.24. The lowest BCUT2D eigenvalue weighted by Crippen LogP contribution is -2.18. The molecule has 0 radical (unpaired) electrons. The number of aromatic nitrogens is 1. The van der Waals surface area contributed by atoms with E-state index in [1.54, 1.807) is 25.1 Å². The van der Waals surface area contributed by atoms with Crippen LogP contribution in [0.3, 0.4) is 0 Å². The summed E-state index contributed by atoms with van der Waals surface area (Å²) in [5.41, 5.74) is 0.503. The summed E-state index contributed by atoms with van der Waals surface area (Å²) in [6.07, 6.45) is 5.81. The third-order valence-corrected chi connectivity index (χ3v) is 6.46. The Kier molecular flexibility index (Phi) is 7.96. The number of rotatable bonds is 10. The van der Waals surface area contributed by atoms with Gasteiger partial charge in [-0.05, 0) is 56.7 Å². The number of ether oxygens (including phenoxy) is 1. The Morgan fingerprint density at radius 2 is 2.00 bits per heavy atom. The van der Waals surface area contributed by atoms with Crippen molar-refractivity contribution in [3.63, 3.8) is 0 Å². The van der Waals surface area contributed by atoms with Gasteiger partial charge in [0.25, 0.3) is 10.0 Å². The molecular formula is C25H25ClN2O5S. The van der Waals surface area contributed by atoms with Gasteiger partial charge in [-0.1, -0.05) is 43.3 Å².